The molecule has 0 aromatic carbocycles. The maximum Gasteiger partial charge on any atom is 0.225 e. The van der Waals surface area contributed by atoms with Gasteiger partial charge >= 0.3 is 0 Å². The van der Waals surface area contributed by atoms with Gasteiger partial charge in [0.2, 0.25) is 15.9 Å². The van der Waals surface area contributed by atoms with Crippen LogP contribution in [0.2, 0.25) is 0 Å². The van der Waals surface area contributed by atoms with E-state index in [1.807, 2.05) is 18.7 Å². The topological polar surface area (TPSA) is 66.9 Å². The van der Waals surface area contributed by atoms with Crippen molar-refractivity contribution >= 4 is 15.9 Å². The van der Waals surface area contributed by atoms with Gasteiger partial charge in [0.15, 0.2) is 0 Å². The van der Waals surface area contributed by atoms with Crippen LogP contribution in [0.1, 0.15) is 39.5 Å². The minimum Gasteiger partial charge on any atom is -0.365 e. The molecule has 0 N–H and O–H groups in total. The minimum absolute atomic E-state index is 0.117. The van der Waals surface area contributed by atoms with E-state index in [0.717, 1.165) is 19.3 Å². The van der Waals surface area contributed by atoms with E-state index in [9.17, 15) is 13.2 Å². The number of morpholine rings is 1. The van der Waals surface area contributed by atoms with E-state index >= 15 is 0 Å². The first-order chi connectivity index (χ1) is 10.8. The molecule has 3 heterocycles. The molecule has 2 bridgehead atoms. The number of nitrogens with zero attached hydrogens (tertiary/aromatic N) is 2. The SMILES string of the molecule is CC(C)CN1C[C@]23CN(C(=O)C4CCC4)C[C@@H](C[C@H]2S1(=O)=O)O3. The Morgan fingerprint density at radius 3 is 2.65 bits per heavy atom. The summed E-state index contributed by atoms with van der Waals surface area (Å²) < 4.78 is 33.5. The first kappa shape index (κ1) is 15.8. The van der Waals surface area contributed by atoms with E-state index in [2.05, 4.69) is 0 Å². The molecule has 3 saturated heterocycles. The number of hydrogen-bond donors (Lipinski definition) is 0. The lowest BCUT2D eigenvalue weighted by atomic mass is 9.84. The van der Waals surface area contributed by atoms with Crippen LogP contribution in [0, 0.1) is 11.8 Å². The molecule has 7 heteroatoms. The first-order valence-corrected chi connectivity index (χ1v) is 10.3. The van der Waals surface area contributed by atoms with E-state index in [1.54, 1.807) is 4.31 Å². The Morgan fingerprint density at radius 2 is 2.04 bits per heavy atom. The van der Waals surface area contributed by atoms with E-state index in [4.69, 9.17) is 4.74 Å². The summed E-state index contributed by atoms with van der Waals surface area (Å²) in [5.41, 5.74) is -0.698. The van der Waals surface area contributed by atoms with Crippen molar-refractivity contribution in [3.8, 4) is 0 Å². The van der Waals surface area contributed by atoms with Crippen LogP contribution in [0.4, 0.5) is 0 Å². The quantitative estimate of drug-likeness (QED) is 0.762. The van der Waals surface area contributed by atoms with Gasteiger partial charge in [0.25, 0.3) is 0 Å². The van der Waals surface area contributed by atoms with Crippen LogP contribution < -0.4 is 0 Å². The number of carbonyl (C=O) groups is 1. The predicted octanol–water partition coefficient (Wildman–Crippen LogP) is 0.826. The molecule has 6 nitrogen and oxygen atoms in total. The molecule has 1 aliphatic carbocycles. The number of rotatable bonds is 3. The summed E-state index contributed by atoms with van der Waals surface area (Å²) >= 11 is 0. The third kappa shape index (κ3) is 2.35. The molecule has 0 aromatic rings. The third-order valence-corrected chi connectivity index (χ3v) is 8.19. The zero-order chi connectivity index (χ0) is 16.4. The lowest BCUT2D eigenvalue weighted by Gasteiger charge is -2.42. The van der Waals surface area contributed by atoms with Crippen LogP contribution in [-0.2, 0) is 19.6 Å². The highest BCUT2D eigenvalue weighted by atomic mass is 32.2. The first-order valence-electron chi connectivity index (χ1n) is 8.77. The average molecular weight is 342 g/mol. The van der Waals surface area contributed by atoms with Gasteiger partial charge in [-0.25, -0.2) is 8.42 Å². The molecule has 0 unspecified atom stereocenters. The van der Waals surface area contributed by atoms with Gasteiger partial charge in [-0.15, -0.1) is 0 Å². The molecule has 1 amide bonds. The second kappa shape index (κ2) is 5.17. The van der Waals surface area contributed by atoms with E-state index in [1.165, 1.54) is 0 Å². The number of ether oxygens (including phenoxy) is 1. The summed E-state index contributed by atoms with van der Waals surface area (Å²) in [4.78, 5) is 14.5. The van der Waals surface area contributed by atoms with Crippen LogP contribution in [0.5, 0.6) is 0 Å². The molecule has 0 aromatic heterocycles. The van der Waals surface area contributed by atoms with E-state index in [-0.39, 0.29) is 23.8 Å². The summed E-state index contributed by atoms with van der Waals surface area (Å²) in [5, 5.41) is -0.474. The molecule has 1 saturated carbocycles. The van der Waals surface area contributed by atoms with Crippen LogP contribution in [-0.4, -0.2) is 66.7 Å². The van der Waals surface area contributed by atoms with E-state index in [0.29, 0.717) is 32.6 Å². The van der Waals surface area contributed by atoms with Crippen LogP contribution in [0.25, 0.3) is 0 Å². The van der Waals surface area contributed by atoms with E-state index < -0.39 is 20.9 Å². The molecule has 23 heavy (non-hydrogen) atoms. The fraction of sp³-hybridized carbons (Fsp3) is 0.938. The van der Waals surface area contributed by atoms with Gasteiger partial charge < -0.3 is 9.64 Å². The normalized spacial score (nSPS) is 39.5. The molecule has 130 valence electrons. The van der Waals surface area contributed by atoms with Gasteiger partial charge in [-0.1, -0.05) is 20.3 Å². The zero-order valence-corrected chi connectivity index (χ0v) is 14.7. The van der Waals surface area contributed by atoms with Crippen molar-refractivity contribution in [2.75, 3.05) is 26.2 Å². The highest BCUT2D eigenvalue weighted by molar-refractivity contribution is 7.90. The third-order valence-electron chi connectivity index (χ3n) is 5.85. The number of sulfonamides is 1. The molecule has 0 radical (unpaired) electrons. The Hall–Kier alpha value is -0.660. The second-order valence-corrected chi connectivity index (χ2v) is 10.2. The number of likely N-dealkylation sites (tertiary alicyclic amines) is 1. The predicted molar refractivity (Wildman–Crippen MR) is 85.3 cm³/mol. The smallest absolute Gasteiger partial charge is 0.225 e. The number of fused-ring (bicyclic) bond motifs is 1. The maximum absolute atomic E-state index is 12.9. The number of hydrogen-bond acceptors (Lipinski definition) is 4. The summed E-state index contributed by atoms with van der Waals surface area (Å²) in [5.74, 6) is 0.656. The van der Waals surface area contributed by atoms with Gasteiger partial charge in [0, 0.05) is 25.6 Å². The molecule has 1 spiro atoms. The van der Waals surface area contributed by atoms with Crippen molar-refractivity contribution in [3.05, 3.63) is 0 Å². The fourth-order valence-corrected chi connectivity index (χ4v) is 7.07. The highest BCUT2D eigenvalue weighted by Gasteiger charge is 2.65. The Morgan fingerprint density at radius 1 is 1.30 bits per heavy atom. The molecule has 4 aliphatic rings. The summed E-state index contributed by atoms with van der Waals surface area (Å²) in [6, 6.07) is 0. The van der Waals surface area contributed by atoms with Gasteiger partial charge in [-0.3, -0.25) is 4.79 Å². The largest absolute Gasteiger partial charge is 0.365 e. The van der Waals surface area contributed by atoms with Crippen LogP contribution in [0.3, 0.4) is 0 Å². The summed E-state index contributed by atoms with van der Waals surface area (Å²) in [7, 11) is -3.31. The fourth-order valence-electron chi connectivity index (χ4n) is 4.60. The van der Waals surface area contributed by atoms with Crippen molar-refractivity contribution in [2.45, 2.75) is 56.5 Å². The monoisotopic (exact) mass is 342 g/mol. The zero-order valence-electron chi connectivity index (χ0n) is 13.9. The second-order valence-electron chi connectivity index (χ2n) is 8.11. The van der Waals surface area contributed by atoms with Crippen LogP contribution in [0.15, 0.2) is 0 Å². The van der Waals surface area contributed by atoms with Gasteiger partial charge in [-0.2, -0.15) is 4.31 Å². The number of amides is 1. The lowest BCUT2D eigenvalue weighted by Crippen LogP contribution is -2.57. The molecule has 4 fully saturated rings. The minimum atomic E-state index is -3.31. The number of carbonyl (C=O) groups excluding carboxylic acids is 1. The molecular formula is C16H26N2O4S. The average Bonchev–Trinajstić information content (AvgIpc) is 2.75. The van der Waals surface area contributed by atoms with Crippen molar-refractivity contribution in [2.24, 2.45) is 11.8 Å². The van der Waals surface area contributed by atoms with Gasteiger partial charge in [0.05, 0.1) is 12.6 Å². The Bertz CT molecular complexity index is 616. The van der Waals surface area contributed by atoms with Crippen molar-refractivity contribution in [1.29, 1.82) is 0 Å². The summed E-state index contributed by atoms with van der Waals surface area (Å²) in [6.45, 7) is 6.00. The molecule has 4 rings (SSSR count). The highest BCUT2D eigenvalue weighted by Crippen LogP contribution is 2.47. The molecule has 3 aliphatic heterocycles. The lowest BCUT2D eigenvalue weighted by molar-refractivity contribution is -0.157. The Kier molecular flexibility index (Phi) is 3.56. The Labute approximate surface area is 138 Å². The Balaban J connectivity index is 1.58. The molecule has 3 atom stereocenters. The van der Waals surface area contributed by atoms with Gasteiger partial charge in [0.1, 0.15) is 10.9 Å². The van der Waals surface area contributed by atoms with Gasteiger partial charge in [-0.05, 0) is 25.2 Å². The van der Waals surface area contributed by atoms with Crippen molar-refractivity contribution in [1.82, 2.24) is 9.21 Å². The summed E-state index contributed by atoms with van der Waals surface area (Å²) in [6.07, 6.45) is 3.51. The molecular weight excluding hydrogens is 316 g/mol. The standard InChI is InChI=1S/C16H26N2O4S/c1-11(2)7-18-10-16-9-17(15(19)12-4-3-5-12)8-13(22-16)6-14(16)23(18,20)21/h11-14H,3-10H2,1-2H3/t13-,14-,16-/m1/s1. The van der Waals surface area contributed by atoms with Crippen molar-refractivity contribution in [3.63, 3.8) is 0 Å². The van der Waals surface area contributed by atoms with Crippen molar-refractivity contribution < 1.29 is 17.9 Å². The maximum atomic E-state index is 12.9. The van der Waals surface area contributed by atoms with Crippen LogP contribution >= 0.6 is 0 Å².